The van der Waals surface area contributed by atoms with E-state index in [0.717, 1.165) is 24.0 Å². The van der Waals surface area contributed by atoms with Gasteiger partial charge in [0.25, 0.3) is 0 Å². The van der Waals surface area contributed by atoms with Crippen molar-refractivity contribution in [1.29, 1.82) is 0 Å². The summed E-state index contributed by atoms with van der Waals surface area (Å²) >= 11 is 0. The molecule has 0 spiro atoms. The first kappa shape index (κ1) is 12.1. The lowest BCUT2D eigenvalue weighted by atomic mass is 9.86. The van der Waals surface area contributed by atoms with E-state index in [2.05, 4.69) is 0 Å². The lowest BCUT2D eigenvalue weighted by Crippen LogP contribution is -2.25. The van der Waals surface area contributed by atoms with Crippen molar-refractivity contribution in [1.82, 2.24) is 0 Å². The zero-order chi connectivity index (χ0) is 12.5. The smallest absolute Gasteiger partial charge is 0.312 e. The fourth-order valence-corrected chi connectivity index (χ4v) is 2.31. The number of carboxylic acids is 1. The minimum Gasteiger partial charge on any atom is -0.481 e. The van der Waals surface area contributed by atoms with Crippen LogP contribution >= 0.6 is 0 Å². The Morgan fingerprint density at radius 3 is 2.53 bits per heavy atom. The van der Waals surface area contributed by atoms with Crippen LogP contribution in [0, 0.1) is 0 Å². The number of aliphatic carboxylic acids is 1. The summed E-state index contributed by atoms with van der Waals surface area (Å²) in [6.45, 7) is 0.148. The van der Waals surface area contributed by atoms with Gasteiger partial charge >= 0.3 is 5.97 Å². The van der Waals surface area contributed by atoms with E-state index in [4.69, 9.17) is 10.8 Å². The van der Waals surface area contributed by atoms with Gasteiger partial charge in [0.05, 0.1) is 12.5 Å². The first-order valence-electron chi connectivity index (χ1n) is 5.78. The largest absolute Gasteiger partial charge is 0.481 e. The Morgan fingerprint density at radius 1 is 1.41 bits per heavy atom. The second-order valence-corrected chi connectivity index (χ2v) is 4.65. The van der Waals surface area contributed by atoms with Gasteiger partial charge in [0.1, 0.15) is 0 Å². The summed E-state index contributed by atoms with van der Waals surface area (Å²) in [5.74, 6) is -1.59. The average molecular weight is 235 g/mol. The maximum absolute atomic E-state index is 11.2. The topological polar surface area (TPSA) is 83.6 Å². The molecule has 1 saturated carbocycles. The fraction of sp³-hybridized carbons (Fsp3) is 0.462. The molecule has 4 nitrogen and oxygen atoms in total. The molecule has 2 rings (SSSR count). The number of carboxylic acid groups (broad SMARTS) is 1. The number of nitrogens with two attached hydrogens (primary N) is 1. The molecule has 0 amide bonds. The maximum Gasteiger partial charge on any atom is 0.312 e. The summed E-state index contributed by atoms with van der Waals surface area (Å²) in [5.41, 5.74) is 7.00. The van der Waals surface area contributed by atoms with Crippen molar-refractivity contribution in [3.8, 4) is 0 Å². The van der Waals surface area contributed by atoms with Gasteiger partial charge in [-0.15, -0.1) is 0 Å². The predicted molar refractivity (Wildman–Crippen MR) is 63.9 cm³/mol. The van der Waals surface area contributed by atoms with Crippen LogP contribution in [0.3, 0.4) is 0 Å². The van der Waals surface area contributed by atoms with Crippen LogP contribution in [0.15, 0.2) is 24.3 Å². The second-order valence-electron chi connectivity index (χ2n) is 4.65. The lowest BCUT2D eigenvalue weighted by molar-refractivity contribution is -0.138. The molecule has 1 aliphatic rings. The molecule has 0 saturated heterocycles. The number of carbonyl (C=O) groups is 1. The van der Waals surface area contributed by atoms with E-state index >= 15 is 0 Å². The van der Waals surface area contributed by atoms with Crippen molar-refractivity contribution in [3.05, 3.63) is 35.4 Å². The molecular formula is C13H17NO3. The van der Waals surface area contributed by atoms with Crippen LogP contribution < -0.4 is 5.73 Å². The van der Waals surface area contributed by atoms with E-state index in [0.29, 0.717) is 0 Å². The molecule has 1 unspecified atom stereocenters. The Hall–Kier alpha value is -1.39. The Bertz CT molecular complexity index is 426. The quantitative estimate of drug-likeness (QED) is 0.706. The third-order valence-corrected chi connectivity index (χ3v) is 3.60. The predicted octanol–water partition coefficient (Wildman–Crippen LogP) is 0.837. The van der Waals surface area contributed by atoms with Gasteiger partial charge in [-0.1, -0.05) is 24.3 Å². The fourth-order valence-electron chi connectivity index (χ4n) is 2.31. The molecule has 1 aliphatic carbocycles. The Labute approximate surface area is 100 Å². The molecule has 0 bridgehead atoms. The van der Waals surface area contributed by atoms with E-state index in [-0.39, 0.29) is 18.6 Å². The van der Waals surface area contributed by atoms with Gasteiger partial charge in [0, 0.05) is 12.0 Å². The summed E-state index contributed by atoms with van der Waals surface area (Å²) in [4.78, 5) is 11.2. The molecule has 17 heavy (non-hydrogen) atoms. The molecule has 1 aromatic rings. The minimum atomic E-state index is -0.909. The monoisotopic (exact) mass is 235 g/mol. The van der Waals surface area contributed by atoms with E-state index in [1.165, 1.54) is 0 Å². The van der Waals surface area contributed by atoms with Gasteiger partial charge in [-0.25, -0.2) is 0 Å². The van der Waals surface area contributed by atoms with Crippen molar-refractivity contribution in [2.24, 2.45) is 5.73 Å². The summed E-state index contributed by atoms with van der Waals surface area (Å²) in [7, 11) is 0. The van der Waals surface area contributed by atoms with Crippen LogP contribution in [0.25, 0.3) is 0 Å². The molecule has 1 fully saturated rings. The van der Waals surface area contributed by atoms with Crippen LogP contribution in [0.5, 0.6) is 0 Å². The highest BCUT2D eigenvalue weighted by atomic mass is 16.4. The van der Waals surface area contributed by atoms with E-state index < -0.39 is 11.9 Å². The SMILES string of the molecule is NCC(C(=O)O)c1ccccc1C1(CO)CC1. The number of benzene rings is 1. The van der Waals surface area contributed by atoms with Gasteiger partial charge < -0.3 is 15.9 Å². The first-order chi connectivity index (χ1) is 8.14. The molecule has 4 heteroatoms. The summed E-state index contributed by atoms with van der Waals surface area (Å²) in [6, 6.07) is 7.41. The number of aliphatic hydroxyl groups is 1. The highest BCUT2D eigenvalue weighted by molar-refractivity contribution is 5.77. The van der Waals surface area contributed by atoms with Crippen LogP contribution in [-0.2, 0) is 10.2 Å². The third-order valence-electron chi connectivity index (χ3n) is 3.60. The highest BCUT2D eigenvalue weighted by Crippen LogP contribution is 2.49. The van der Waals surface area contributed by atoms with E-state index in [9.17, 15) is 9.90 Å². The first-order valence-corrected chi connectivity index (χ1v) is 5.78. The number of hydrogen-bond acceptors (Lipinski definition) is 3. The van der Waals surface area contributed by atoms with Gasteiger partial charge in [-0.05, 0) is 24.0 Å². The van der Waals surface area contributed by atoms with E-state index in [1.807, 2.05) is 18.2 Å². The van der Waals surface area contributed by atoms with Gasteiger partial charge in [0.2, 0.25) is 0 Å². The van der Waals surface area contributed by atoms with Crippen molar-refractivity contribution >= 4 is 5.97 Å². The van der Waals surface area contributed by atoms with Gasteiger partial charge in [-0.3, -0.25) is 4.79 Å². The molecule has 1 aromatic carbocycles. The zero-order valence-electron chi connectivity index (χ0n) is 9.60. The van der Waals surface area contributed by atoms with Crippen LogP contribution in [-0.4, -0.2) is 29.3 Å². The normalized spacial score (nSPS) is 18.7. The molecule has 1 atom stereocenters. The summed E-state index contributed by atoms with van der Waals surface area (Å²) < 4.78 is 0. The molecule has 0 radical (unpaired) electrons. The Kier molecular flexibility index (Phi) is 3.17. The summed E-state index contributed by atoms with van der Waals surface area (Å²) in [6.07, 6.45) is 1.83. The Balaban J connectivity index is 2.44. The van der Waals surface area contributed by atoms with E-state index in [1.54, 1.807) is 6.07 Å². The van der Waals surface area contributed by atoms with Crippen LogP contribution in [0.1, 0.15) is 29.9 Å². The van der Waals surface area contributed by atoms with Crippen molar-refractivity contribution < 1.29 is 15.0 Å². The van der Waals surface area contributed by atoms with Gasteiger partial charge in [-0.2, -0.15) is 0 Å². The molecular weight excluding hydrogens is 218 g/mol. The van der Waals surface area contributed by atoms with Crippen molar-refractivity contribution in [2.75, 3.05) is 13.2 Å². The number of aliphatic hydroxyl groups excluding tert-OH is 1. The molecule has 0 aromatic heterocycles. The van der Waals surface area contributed by atoms with Gasteiger partial charge in [0.15, 0.2) is 0 Å². The number of rotatable bonds is 5. The molecule has 4 N–H and O–H groups in total. The second kappa shape index (κ2) is 4.47. The van der Waals surface area contributed by atoms with Crippen LogP contribution in [0.2, 0.25) is 0 Å². The van der Waals surface area contributed by atoms with Crippen molar-refractivity contribution in [3.63, 3.8) is 0 Å². The standard InChI is InChI=1S/C13H17NO3/c14-7-10(12(16)17)9-3-1-2-4-11(9)13(8-15)5-6-13/h1-4,10,15H,5-8,14H2,(H,16,17). The van der Waals surface area contributed by atoms with Crippen LogP contribution in [0.4, 0.5) is 0 Å². The Morgan fingerprint density at radius 2 is 2.06 bits per heavy atom. The number of hydrogen-bond donors (Lipinski definition) is 3. The zero-order valence-corrected chi connectivity index (χ0v) is 9.60. The lowest BCUT2D eigenvalue weighted by Gasteiger charge is -2.20. The third kappa shape index (κ3) is 2.06. The average Bonchev–Trinajstić information content (AvgIpc) is 3.11. The molecule has 0 aliphatic heterocycles. The summed E-state index contributed by atoms with van der Waals surface area (Å²) in [5, 5.41) is 18.6. The minimum absolute atomic E-state index is 0.0704. The molecule has 0 heterocycles. The maximum atomic E-state index is 11.2. The van der Waals surface area contributed by atoms with Crippen molar-refractivity contribution in [2.45, 2.75) is 24.2 Å². The highest BCUT2D eigenvalue weighted by Gasteiger charge is 2.45. The molecule has 92 valence electrons.